The number of benzene rings is 1. The van der Waals surface area contributed by atoms with Crippen molar-refractivity contribution in [2.24, 2.45) is 0 Å². The van der Waals surface area contributed by atoms with E-state index >= 15 is 0 Å². The van der Waals surface area contributed by atoms with E-state index in [2.05, 4.69) is 5.32 Å². The molecule has 2 heterocycles. The molecule has 0 aliphatic carbocycles. The van der Waals surface area contributed by atoms with Gasteiger partial charge in [0.2, 0.25) is 17.7 Å². The van der Waals surface area contributed by atoms with Gasteiger partial charge in [0.25, 0.3) is 0 Å². The van der Waals surface area contributed by atoms with E-state index in [1.54, 1.807) is 13.2 Å². The first-order valence-electron chi connectivity index (χ1n) is 9.78. The standard InChI is InChI=1S/C22H25ClN2O4S/c1-15-6-3-4-7-17(15)22(12-19(26)24-14-16-8-9-18(23)30-16)13-20(27)25(21(22)28)10-5-11-29-2/h3-4,6-9H,5,10-14H2,1-2H3,(H,24,26)/t22-/m1/s1. The van der Waals surface area contributed by atoms with Crippen LogP contribution in [-0.2, 0) is 31.1 Å². The molecule has 2 aromatic rings. The number of likely N-dealkylation sites (tertiary alicyclic amines) is 1. The van der Waals surface area contributed by atoms with Gasteiger partial charge in [0.15, 0.2) is 0 Å². The fourth-order valence-corrected chi connectivity index (χ4v) is 4.94. The maximum Gasteiger partial charge on any atom is 0.240 e. The molecule has 1 aliphatic heterocycles. The maximum atomic E-state index is 13.5. The van der Waals surface area contributed by atoms with Gasteiger partial charge in [-0.25, -0.2) is 0 Å². The lowest BCUT2D eigenvalue weighted by atomic mass is 9.74. The summed E-state index contributed by atoms with van der Waals surface area (Å²) in [4.78, 5) is 41.3. The molecule has 3 amide bonds. The molecule has 0 saturated carbocycles. The fourth-order valence-electron chi connectivity index (χ4n) is 3.92. The van der Waals surface area contributed by atoms with Gasteiger partial charge in [-0.2, -0.15) is 0 Å². The third kappa shape index (κ3) is 4.74. The number of carbonyl (C=O) groups excluding carboxylic acids is 3. The van der Waals surface area contributed by atoms with Crippen LogP contribution in [0.3, 0.4) is 0 Å². The predicted octanol–water partition coefficient (Wildman–Crippen LogP) is 3.45. The minimum Gasteiger partial charge on any atom is -0.385 e. The smallest absolute Gasteiger partial charge is 0.240 e. The van der Waals surface area contributed by atoms with E-state index in [0.29, 0.717) is 23.9 Å². The Morgan fingerprint density at radius 2 is 2.03 bits per heavy atom. The summed E-state index contributed by atoms with van der Waals surface area (Å²) in [5, 5.41) is 2.87. The largest absolute Gasteiger partial charge is 0.385 e. The number of imide groups is 1. The molecular formula is C22H25ClN2O4S. The summed E-state index contributed by atoms with van der Waals surface area (Å²) < 4.78 is 5.70. The van der Waals surface area contributed by atoms with E-state index in [1.165, 1.54) is 16.2 Å². The Balaban J connectivity index is 1.84. The van der Waals surface area contributed by atoms with Gasteiger partial charge < -0.3 is 10.1 Å². The zero-order chi connectivity index (χ0) is 21.7. The van der Waals surface area contributed by atoms with Crippen LogP contribution in [0.25, 0.3) is 0 Å². The van der Waals surface area contributed by atoms with Crippen LogP contribution in [0.4, 0.5) is 0 Å². The molecule has 1 fully saturated rings. The van der Waals surface area contributed by atoms with Crippen LogP contribution in [0.1, 0.15) is 35.3 Å². The highest BCUT2D eigenvalue weighted by molar-refractivity contribution is 7.16. The summed E-state index contributed by atoms with van der Waals surface area (Å²) in [6.45, 7) is 2.97. The van der Waals surface area contributed by atoms with Gasteiger partial charge in [-0.15, -0.1) is 11.3 Å². The molecule has 8 heteroatoms. The quantitative estimate of drug-likeness (QED) is 0.471. The van der Waals surface area contributed by atoms with Crippen molar-refractivity contribution in [1.29, 1.82) is 0 Å². The second-order valence-corrected chi connectivity index (χ2v) is 9.23. The Hall–Kier alpha value is -2.22. The Labute approximate surface area is 185 Å². The molecule has 1 aromatic carbocycles. The molecule has 30 heavy (non-hydrogen) atoms. The number of thiophene rings is 1. The number of rotatable bonds is 9. The zero-order valence-electron chi connectivity index (χ0n) is 17.1. The molecular weight excluding hydrogens is 424 g/mol. The van der Waals surface area contributed by atoms with Crippen LogP contribution < -0.4 is 5.32 Å². The van der Waals surface area contributed by atoms with Crippen LogP contribution in [0.2, 0.25) is 4.34 Å². The molecule has 1 saturated heterocycles. The predicted molar refractivity (Wildman–Crippen MR) is 116 cm³/mol. The summed E-state index contributed by atoms with van der Waals surface area (Å²) in [6.07, 6.45) is 0.466. The fraction of sp³-hybridized carbons (Fsp3) is 0.409. The average Bonchev–Trinajstić information content (AvgIpc) is 3.23. The van der Waals surface area contributed by atoms with E-state index in [-0.39, 0.29) is 37.1 Å². The second-order valence-electron chi connectivity index (χ2n) is 7.43. The number of halogens is 1. The van der Waals surface area contributed by atoms with Gasteiger partial charge in [-0.05, 0) is 36.6 Å². The van der Waals surface area contributed by atoms with Crippen molar-refractivity contribution in [2.45, 2.75) is 38.1 Å². The van der Waals surface area contributed by atoms with Crippen molar-refractivity contribution in [3.63, 3.8) is 0 Å². The first kappa shape index (κ1) is 22.5. The number of ether oxygens (including phenoxy) is 1. The number of hydrogen-bond donors (Lipinski definition) is 1. The normalized spacial score (nSPS) is 18.8. The number of methoxy groups -OCH3 is 1. The molecule has 1 atom stereocenters. The van der Waals surface area contributed by atoms with Crippen molar-refractivity contribution in [3.05, 3.63) is 56.7 Å². The highest BCUT2D eigenvalue weighted by atomic mass is 35.5. The van der Waals surface area contributed by atoms with Crippen molar-refractivity contribution < 1.29 is 19.1 Å². The van der Waals surface area contributed by atoms with Gasteiger partial charge in [-0.3, -0.25) is 19.3 Å². The maximum absolute atomic E-state index is 13.5. The molecule has 6 nitrogen and oxygen atoms in total. The van der Waals surface area contributed by atoms with Crippen LogP contribution in [0.15, 0.2) is 36.4 Å². The molecule has 0 spiro atoms. The Kier molecular flexibility index (Phi) is 7.28. The van der Waals surface area contributed by atoms with Crippen molar-refractivity contribution in [1.82, 2.24) is 10.2 Å². The van der Waals surface area contributed by atoms with E-state index in [0.717, 1.165) is 16.0 Å². The lowest BCUT2D eigenvalue weighted by molar-refractivity contribution is -0.141. The molecule has 0 unspecified atom stereocenters. The molecule has 0 radical (unpaired) electrons. The van der Waals surface area contributed by atoms with Crippen LogP contribution in [0, 0.1) is 6.92 Å². The van der Waals surface area contributed by atoms with Crippen LogP contribution in [0.5, 0.6) is 0 Å². The van der Waals surface area contributed by atoms with Gasteiger partial charge >= 0.3 is 0 Å². The summed E-state index contributed by atoms with van der Waals surface area (Å²) in [5.74, 6) is -0.841. The van der Waals surface area contributed by atoms with E-state index in [1.807, 2.05) is 37.3 Å². The topological polar surface area (TPSA) is 75.7 Å². The molecule has 3 rings (SSSR count). The second kappa shape index (κ2) is 9.73. The number of nitrogens with one attached hydrogen (secondary N) is 1. The lowest BCUT2D eigenvalue weighted by Crippen LogP contribution is -2.43. The molecule has 1 aromatic heterocycles. The first-order valence-corrected chi connectivity index (χ1v) is 11.0. The number of hydrogen-bond acceptors (Lipinski definition) is 5. The summed E-state index contributed by atoms with van der Waals surface area (Å²) >= 11 is 7.34. The number of aryl methyl sites for hydroxylation is 1. The van der Waals surface area contributed by atoms with E-state index < -0.39 is 5.41 Å². The SMILES string of the molecule is COCCCN1C(=O)C[C@](CC(=O)NCc2ccc(Cl)s2)(c2ccccc2C)C1=O. The Morgan fingerprint density at radius 3 is 2.70 bits per heavy atom. The molecule has 1 aliphatic rings. The molecule has 0 bridgehead atoms. The highest BCUT2D eigenvalue weighted by Gasteiger charge is 2.53. The third-order valence-electron chi connectivity index (χ3n) is 5.35. The average molecular weight is 449 g/mol. The minimum atomic E-state index is -1.19. The van der Waals surface area contributed by atoms with Gasteiger partial charge in [0.1, 0.15) is 0 Å². The number of nitrogens with zero attached hydrogens (tertiary/aromatic N) is 1. The summed E-state index contributed by atoms with van der Waals surface area (Å²) in [6, 6.07) is 11.1. The van der Waals surface area contributed by atoms with E-state index in [9.17, 15) is 14.4 Å². The highest BCUT2D eigenvalue weighted by Crippen LogP contribution is 2.41. The van der Waals surface area contributed by atoms with Gasteiger partial charge in [0.05, 0.1) is 16.3 Å². The Bertz CT molecular complexity index is 945. The van der Waals surface area contributed by atoms with Crippen molar-refractivity contribution in [3.8, 4) is 0 Å². The molecule has 1 N–H and O–H groups in total. The zero-order valence-corrected chi connectivity index (χ0v) is 18.6. The van der Waals surface area contributed by atoms with Gasteiger partial charge in [0, 0.05) is 38.0 Å². The summed E-state index contributed by atoms with van der Waals surface area (Å²) in [7, 11) is 1.58. The monoisotopic (exact) mass is 448 g/mol. The lowest BCUT2D eigenvalue weighted by Gasteiger charge is -2.28. The number of carbonyl (C=O) groups is 3. The van der Waals surface area contributed by atoms with Crippen molar-refractivity contribution in [2.75, 3.05) is 20.3 Å². The first-order chi connectivity index (χ1) is 14.4. The Morgan fingerprint density at radius 1 is 1.27 bits per heavy atom. The van der Waals surface area contributed by atoms with Gasteiger partial charge in [-0.1, -0.05) is 35.9 Å². The molecule has 160 valence electrons. The van der Waals surface area contributed by atoms with Crippen LogP contribution in [-0.4, -0.2) is 42.9 Å². The van der Waals surface area contributed by atoms with E-state index in [4.69, 9.17) is 16.3 Å². The summed E-state index contributed by atoms with van der Waals surface area (Å²) in [5.41, 5.74) is 0.425. The number of amides is 3. The van der Waals surface area contributed by atoms with Crippen molar-refractivity contribution >= 4 is 40.7 Å². The third-order valence-corrected chi connectivity index (χ3v) is 6.58. The minimum absolute atomic E-state index is 0.0120. The van der Waals surface area contributed by atoms with Crippen LogP contribution >= 0.6 is 22.9 Å².